The van der Waals surface area contributed by atoms with Gasteiger partial charge in [0.2, 0.25) is 0 Å². The van der Waals surface area contributed by atoms with Gasteiger partial charge in [-0.05, 0) is 63.9 Å². The molecule has 6 heteroatoms. The minimum Gasteiger partial charge on any atom is -0.356 e. The molecule has 1 amide bonds. The van der Waals surface area contributed by atoms with Gasteiger partial charge >= 0.3 is 0 Å². The fraction of sp³-hybridized carbons (Fsp3) is 0.529. The second kappa shape index (κ2) is 5.80. The molecular formula is C17H22ClN3O2. The van der Waals surface area contributed by atoms with Gasteiger partial charge in [-0.3, -0.25) is 9.69 Å². The summed E-state index contributed by atoms with van der Waals surface area (Å²) in [6, 6.07) is 5.66. The summed E-state index contributed by atoms with van der Waals surface area (Å²) < 4.78 is 5.09. The Balaban J connectivity index is 0.00000156. The van der Waals surface area contributed by atoms with E-state index >= 15 is 0 Å². The van der Waals surface area contributed by atoms with Crippen LogP contribution in [0.15, 0.2) is 28.9 Å². The molecule has 1 aromatic heterocycles. The highest BCUT2D eigenvalue weighted by molar-refractivity contribution is 5.97. The van der Waals surface area contributed by atoms with E-state index in [0.29, 0.717) is 17.1 Å². The lowest BCUT2D eigenvalue weighted by molar-refractivity contribution is -0.0378. The van der Waals surface area contributed by atoms with Gasteiger partial charge in [-0.15, -0.1) is 12.4 Å². The molecule has 5 rings (SSSR count). The van der Waals surface area contributed by atoms with Crippen LogP contribution >= 0.6 is 12.4 Å². The topological polar surface area (TPSA) is 58.4 Å². The second-order valence-corrected chi connectivity index (χ2v) is 7.01. The molecule has 0 aliphatic carbocycles. The van der Waals surface area contributed by atoms with Crippen molar-refractivity contribution in [3.8, 4) is 0 Å². The third-order valence-electron chi connectivity index (χ3n) is 5.49. The first-order valence-electron chi connectivity index (χ1n) is 7.96. The average molecular weight is 336 g/mol. The summed E-state index contributed by atoms with van der Waals surface area (Å²) in [5, 5.41) is 7.90. The van der Waals surface area contributed by atoms with Crippen LogP contribution in [0.25, 0.3) is 11.0 Å². The number of nitrogens with zero attached hydrogens (tertiary/aromatic N) is 2. The highest BCUT2D eigenvalue weighted by Gasteiger charge is 2.48. The van der Waals surface area contributed by atoms with Gasteiger partial charge in [0.1, 0.15) is 0 Å². The van der Waals surface area contributed by atoms with Gasteiger partial charge in [-0.25, -0.2) is 0 Å². The monoisotopic (exact) mass is 335 g/mol. The smallest absolute Gasteiger partial charge is 0.251 e. The predicted molar refractivity (Wildman–Crippen MR) is 90.9 cm³/mol. The van der Waals surface area contributed by atoms with Gasteiger partial charge in [0.15, 0.2) is 5.58 Å². The molecular weight excluding hydrogens is 314 g/mol. The number of hydrogen-bond acceptors (Lipinski definition) is 4. The van der Waals surface area contributed by atoms with Crippen molar-refractivity contribution >= 4 is 29.3 Å². The Morgan fingerprint density at radius 2 is 2.09 bits per heavy atom. The molecule has 4 heterocycles. The zero-order chi connectivity index (χ0) is 15.3. The molecule has 0 spiro atoms. The van der Waals surface area contributed by atoms with Gasteiger partial charge in [0, 0.05) is 22.5 Å². The third-order valence-corrected chi connectivity index (χ3v) is 5.49. The van der Waals surface area contributed by atoms with Crippen LogP contribution in [-0.4, -0.2) is 40.6 Å². The highest BCUT2D eigenvalue weighted by Crippen LogP contribution is 2.39. The van der Waals surface area contributed by atoms with Gasteiger partial charge in [-0.1, -0.05) is 5.16 Å². The standard InChI is InChI=1S/C17H21N3O2.ClH/c1-17(2)15(11-5-7-20(17)8-6-11)19-16(21)12-3-4-14-13(9-12)10-18-22-14;/h3-4,9-11,15H,5-8H2,1-2H3,(H,19,21);1H. The maximum atomic E-state index is 12.7. The summed E-state index contributed by atoms with van der Waals surface area (Å²) in [5.41, 5.74) is 1.40. The minimum absolute atomic E-state index is 0. The summed E-state index contributed by atoms with van der Waals surface area (Å²) in [6.07, 6.45) is 4.00. The molecule has 3 fully saturated rings. The van der Waals surface area contributed by atoms with Crippen molar-refractivity contribution in [1.29, 1.82) is 0 Å². The lowest BCUT2D eigenvalue weighted by Gasteiger charge is -2.56. The number of carbonyl (C=O) groups excluding carboxylic acids is 1. The Bertz CT molecular complexity index is 719. The first kappa shape index (κ1) is 16.3. The van der Waals surface area contributed by atoms with Crippen molar-refractivity contribution in [1.82, 2.24) is 15.4 Å². The van der Waals surface area contributed by atoms with Crippen molar-refractivity contribution in [2.75, 3.05) is 13.1 Å². The van der Waals surface area contributed by atoms with Crippen LogP contribution in [0.3, 0.4) is 0 Å². The number of hydrogen-bond donors (Lipinski definition) is 1. The van der Waals surface area contributed by atoms with Crippen molar-refractivity contribution in [2.45, 2.75) is 38.3 Å². The number of aromatic nitrogens is 1. The van der Waals surface area contributed by atoms with Crippen LogP contribution in [-0.2, 0) is 0 Å². The van der Waals surface area contributed by atoms with E-state index in [1.165, 1.54) is 12.8 Å². The van der Waals surface area contributed by atoms with Gasteiger partial charge in [0.05, 0.1) is 6.20 Å². The number of fused-ring (bicyclic) bond motifs is 4. The van der Waals surface area contributed by atoms with E-state index in [1.807, 2.05) is 6.07 Å². The fourth-order valence-corrected chi connectivity index (χ4v) is 4.12. The average Bonchev–Trinajstić information content (AvgIpc) is 2.98. The molecule has 0 saturated carbocycles. The summed E-state index contributed by atoms with van der Waals surface area (Å²) in [5.74, 6) is 0.582. The Hall–Kier alpha value is -1.59. The SMILES string of the molecule is CC1(C)C(NC(=O)c2ccc3oncc3c2)C2CCN1CC2.Cl. The van der Waals surface area contributed by atoms with Crippen molar-refractivity contribution in [2.24, 2.45) is 5.92 Å². The Morgan fingerprint density at radius 1 is 1.35 bits per heavy atom. The highest BCUT2D eigenvalue weighted by atomic mass is 35.5. The van der Waals surface area contributed by atoms with Crippen molar-refractivity contribution in [3.05, 3.63) is 30.0 Å². The molecule has 3 aliphatic rings. The Kier molecular flexibility index (Phi) is 4.10. The van der Waals surface area contributed by atoms with Gasteiger partial charge in [0.25, 0.3) is 5.91 Å². The third kappa shape index (κ3) is 2.62. The number of nitrogens with one attached hydrogen (secondary N) is 1. The van der Waals surface area contributed by atoms with Crippen LogP contribution in [0.1, 0.15) is 37.0 Å². The van der Waals surface area contributed by atoms with Crippen LogP contribution < -0.4 is 5.32 Å². The van der Waals surface area contributed by atoms with Crippen molar-refractivity contribution < 1.29 is 9.32 Å². The summed E-state index contributed by atoms with van der Waals surface area (Å²) in [7, 11) is 0. The largest absolute Gasteiger partial charge is 0.356 e. The zero-order valence-electron chi connectivity index (χ0n) is 13.4. The van der Waals surface area contributed by atoms with E-state index in [4.69, 9.17) is 4.52 Å². The number of rotatable bonds is 2. The van der Waals surface area contributed by atoms with Crippen LogP contribution in [0.2, 0.25) is 0 Å². The summed E-state index contributed by atoms with van der Waals surface area (Å²) in [4.78, 5) is 15.2. The summed E-state index contributed by atoms with van der Waals surface area (Å²) in [6.45, 7) is 6.78. The molecule has 1 aromatic carbocycles. The maximum absolute atomic E-state index is 12.7. The predicted octanol–water partition coefficient (Wildman–Crippen LogP) is 2.85. The van der Waals surface area contributed by atoms with Crippen molar-refractivity contribution in [3.63, 3.8) is 0 Å². The molecule has 23 heavy (non-hydrogen) atoms. The van der Waals surface area contributed by atoms with E-state index in [1.54, 1.807) is 18.3 Å². The normalized spacial score (nSPS) is 28.3. The van der Waals surface area contributed by atoms with Crippen LogP contribution in [0.5, 0.6) is 0 Å². The number of amides is 1. The number of halogens is 1. The van der Waals surface area contributed by atoms with E-state index in [9.17, 15) is 4.79 Å². The number of benzene rings is 1. The molecule has 3 aliphatic heterocycles. The number of carbonyl (C=O) groups is 1. The molecule has 2 aromatic rings. The van der Waals surface area contributed by atoms with Gasteiger partial charge in [-0.2, -0.15) is 0 Å². The zero-order valence-corrected chi connectivity index (χ0v) is 14.2. The van der Waals surface area contributed by atoms with E-state index < -0.39 is 0 Å². The van der Waals surface area contributed by atoms with Gasteiger partial charge < -0.3 is 9.84 Å². The van der Waals surface area contributed by atoms with E-state index in [2.05, 4.69) is 29.2 Å². The molecule has 1 unspecified atom stereocenters. The molecule has 124 valence electrons. The van der Waals surface area contributed by atoms with Crippen LogP contribution in [0.4, 0.5) is 0 Å². The molecule has 1 atom stereocenters. The molecule has 5 nitrogen and oxygen atoms in total. The Labute approximate surface area is 141 Å². The minimum atomic E-state index is -0.00470. The fourth-order valence-electron chi connectivity index (χ4n) is 4.12. The first-order chi connectivity index (χ1) is 10.6. The Morgan fingerprint density at radius 3 is 2.78 bits per heavy atom. The molecule has 0 radical (unpaired) electrons. The van der Waals surface area contributed by atoms with Crippen LogP contribution in [0, 0.1) is 5.92 Å². The lowest BCUT2D eigenvalue weighted by Crippen LogP contribution is -2.69. The van der Waals surface area contributed by atoms with E-state index in [0.717, 1.165) is 18.5 Å². The quantitative estimate of drug-likeness (QED) is 0.916. The summed E-state index contributed by atoms with van der Waals surface area (Å²) >= 11 is 0. The first-order valence-corrected chi connectivity index (χ1v) is 7.96. The maximum Gasteiger partial charge on any atom is 0.251 e. The molecule has 3 saturated heterocycles. The second-order valence-electron chi connectivity index (χ2n) is 7.01. The number of piperidine rings is 3. The molecule has 2 bridgehead atoms. The lowest BCUT2D eigenvalue weighted by atomic mass is 9.72. The molecule has 1 N–H and O–H groups in total. The van der Waals surface area contributed by atoms with E-state index in [-0.39, 0.29) is 29.9 Å².